The van der Waals surface area contributed by atoms with Crippen molar-refractivity contribution in [3.63, 3.8) is 0 Å². The highest BCUT2D eigenvalue weighted by Gasteiger charge is 2.40. The van der Waals surface area contributed by atoms with E-state index in [0.717, 1.165) is 45.3 Å². The first-order chi connectivity index (χ1) is 30.8. The Morgan fingerprint density at radius 3 is 2.45 bits per heavy atom. The number of alkyl halides is 2. The molecule has 0 aliphatic carbocycles. The highest BCUT2D eigenvalue weighted by Crippen LogP contribution is 2.38. The van der Waals surface area contributed by atoms with Gasteiger partial charge in [0.15, 0.2) is 0 Å². The molecule has 64 heavy (non-hydrogen) atoms. The number of piperidine rings is 1. The molecule has 10 rings (SSSR count). The van der Waals surface area contributed by atoms with Gasteiger partial charge in [-0.1, -0.05) is 37.1 Å². The predicted molar refractivity (Wildman–Crippen MR) is 238 cm³/mol. The van der Waals surface area contributed by atoms with Crippen LogP contribution in [-0.4, -0.2) is 111 Å². The zero-order chi connectivity index (χ0) is 44.7. The molecular weight excluding hydrogens is 823 g/mol. The number of piperazine rings is 1. The summed E-state index contributed by atoms with van der Waals surface area (Å²) >= 11 is 0. The Morgan fingerprint density at radius 1 is 0.906 bits per heavy atom. The molecule has 0 spiro atoms. The van der Waals surface area contributed by atoms with Crippen LogP contribution in [0, 0.1) is 12.8 Å². The molecule has 8 bridgehead atoms. The standard InChI is InChI=1S/C47H56F2N10O5/c1-29-32-9-7-10-33(23-32)47(48,49)16-15-31-26-55(27-31)17-5-3-4-6-18-58-43-35(42(51-29)52-30(2)53-43)24-39(46(58)64)56-19-21-57(22-20-56)41(61)25-50-37-12-8-11-34-36(37)28-59(45(34)63)38-13-14-40(60)54-44(38)62/h7-12,23-24,29,31,38,50H,3-6,13-22,25-28H2,1-2H3,(H,51,52,53)(H,54,60,62)/t29-,38?/m1/s1. The van der Waals surface area contributed by atoms with Gasteiger partial charge in [-0.05, 0) is 81.8 Å². The number of anilines is 3. The van der Waals surface area contributed by atoms with Crippen LogP contribution in [0.15, 0.2) is 53.3 Å². The van der Waals surface area contributed by atoms with E-state index in [1.165, 1.54) is 11.0 Å². The van der Waals surface area contributed by atoms with Crippen molar-refractivity contribution in [1.82, 2.24) is 34.6 Å². The maximum Gasteiger partial charge on any atom is 0.275 e. The van der Waals surface area contributed by atoms with Gasteiger partial charge in [0.05, 0.1) is 11.9 Å². The number of carbonyl (C=O) groups is 4. The minimum atomic E-state index is -2.95. The topological polar surface area (TPSA) is 165 Å². The Kier molecular flexibility index (Phi) is 12.1. The smallest absolute Gasteiger partial charge is 0.275 e. The van der Waals surface area contributed by atoms with Crippen molar-refractivity contribution in [3.05, 3.63) is 87.0 Å². The minimum Gasteiger partial charge on any atom is -0.376 e. The normalized spacial score (nSPS) is 24.1. The highest BCUT2D eigenvalue weighted by molar-refractivity contribution is 6.06. The predicted octanol–water partition coefficient (Wildman–Crippen LogP) is 5.17. The lowest BCUT2D eigenvalue weighted by molar-refractivity contribution is -0.137. The van der Waals surface area contributed by atoms with Crippen molar-refractivity contribution in [2.75, 3.05) is 67.9 Å². The summed E-state index contributed by atoms with van der Waals surface area (Å²) in [7, 11) is 0. The number of nitrogens with zero attached hydrogens (tertiary/aromatic N) is 7. The molecular formula is C47H56F2N10O5. The molecule has 4 aromatic rings. The Bertz CT molecular complexity index is 2540. The van der Waals surface area contributed by atoms with Gasteiger partial charge in [0, 0.05) is 93.6 Å². The van der Waals surface area contributed by atoms with E-state index >= 15 is 8.78 Å². The number of aromatic nitrogens is 3. The summed E-state index contributed by atoms with van der Waals surface area (Å²) < 4.78 is 33.0. The third-order valence-corrected chi connectivity index (χ3v) is 13.7. The molecule has 6 aliphatic rings. The van der Waals surface area contributed by atoms with Crippen molar-refractivity contribution in [3.8, 4) is 0 Å². The van der Waals surface area contributed by atoms with Crippen molar-refractivity contribution < 1.29 is 28.0 Å². The summed E-state index contributed by atoms with van der Waals surface area (Å²) in [6.45, 7) is 8.57. The number of hydrogen-bond donors (Lipinski definition) is 3. The Balaban J connectivity index is 0.922. The summed E-state index contributed by atoms with van der Waals surface area (Å²) in [4.78, 5) is 83.0. The molecule has 0 radical (unpaired) electrons. The van der Waals surface area contributed by atoms with Crippen LogP contribution in [0.25, 0.3) is 11.0 Å². The molecule has 2 aromatic heterocycles. The third kappa shape index (κ3) is 8.78. The Morgan fingerprint density at radius 2 is 1.67 bits per heavy atom. The number of halogens is 2. The van der Waals surface area contributed by atoms with Gasteiger partial charge < -0.3 is 30.2 Å². The first kappa shape index (κ1) is 43.3. The highest BCUT2D eigenvalue weighted by atomic mass is 19.3. The largest absolute Gasteiger partial charge is 0.376 e. The maximum atomic E-state index is 15.6. The summed E-state index contributed by atoms with van der Waals surface area (Å²) in [5.41, 5.74) is 3.33. The van der Waals surface area contributed by atoms with Gasteiger partial charge in [-0.25, -0.2) is 18.7 Å². The molecule has 15 nitrogen and oxygen atoms in total. The number of hydrogen-bond acceptors (Lipinski definition) is 11. The van der Waals surface area contributed by atoms with E-state index < -0.39 is 23.9 Å². The molecule has 2 atom stereocenters. The lowest BCUT2D eigenvalue weighted by Gasteiger charge is -2.40. The zero-order valence-electron chi connectivity index (χ0n) is 36.5. The van der Waals surface area contributed by atoms with E-state index in [1.54, 1.807) is 40.7 Å². The van der Waals surface area contributed by atoms with Gasteiger partial charge in [-0.15, -0.1) is 0 Å². The van der Waals surface area contributed by atoms with E-state index in [1.807, 2.05) is 30.0 Å². The molecule has 3 fully saturated rings. The number of nitrogens with one attached hydrogen (secondary N) is 3. The van der Waals surface area contributed by atoms with Crippen LogP contribution in [0.4, 0.5) is 26.0 Å². The lowest BCUT2D eigenvalue weighted by Crippen LogP contribution is -2.52. The van der Waals surface area contributed by atoms with Crippen LogP contribution in [0.1, 0.15) is 97.2 Å². The first-order valence-electron chi connectivity index (χ1n) is 22.8. The summed E-state index contributed by atoms with van der Waals surface area (Å²) in [6, 6.07) is 12.6. The number of carbonyl (C=O) groups excluding carboxylic acids is 4. The minimum absolute atomic E-state index is 0.00686. The maximum absolute atomic E-state index is 15.6. The number of amides is 4. The van der Waals surface area contributed by atoms with Crippen molar-refractivity contribution in [2.45, 2.75) is 96.3 Å². The van der Waals surface area contributed by atoms with Crippen LogP contribution < -0.4 is 26.4 Å². The van der Waals surface area contributed by atoms with E-state index in [9.17, 15) is 24.0 Å². The van der Waals surface area contributed by atoms with E-state index in [2.05, 4.69) is 20.9 Å². The van der Waals surface area contributed by atoms with Crippen LogP contribution in [0.2, 0.25) is 0 Å². The van der Waals surface area contributed by atoms with Crippen molar-refractivity contribution >= 4 is 51.9 Å². The zero-order valence-corrected chi connectivity index (χ0v) is 36.5. The number of imide groups is 1. The van der Waals surface area contributed by atoms with Gasteiger partial charge >= 0.3 is 0 Å². The third-order valence-electron chi connectivity index (χ3n) is 13.7. The van der Waals surface area contributed by atoms with Gasteiger partial charge in [0.2, 0.25) is 17.7 Å². The Hall–Kier alpha value is -5.97. The summed E-state index contributed by atoms with van der Waals surface area (Å²) in [5, 5.41) is 9.70. The molecule has 338 valence electrons. The molecule has 3 N–H and O–H groups in total. The van der Waals surface area contributed by atoms with Crippen molar-refractivity contribution in [1.29, 1.82) is 0 Å². The van der Waals surface area contributed by atoms with Gasteiger partial charge in [-0.3, -0.25) is 33.9 Å². The number of fused-ring (bicyclic) bond motifs is 9. The second-order valence-corrected chi connectivity index (χ2v) is 18.1. The summed E-state index contributed by atoms with van der Waals surface area (Å²) in [6.07, 6.45) is 4.45. The Labute approximate surface area is 370 Å². The van der Waals surface area contributed by atoms with E-state index in [-0.39, 0.29) is 67.1 Å². The van der Waals surface area contributed by atoms with Gasteiger partial charge in [0.25, 0.3) is 17.4 Å². The first-order valence-corrected chi connectivity index (χ1v) is 22.8. The molecule has 0 saturated carbocycles. The fourth-order valence-electron chi connectivity index (χ4n) is 9.97. The van der Waals surface area contributed by atoms with Gasteiger partial charge in [0.1, 0.15) is 29.0 Å². The number of aryl methyl sites for hydroxylation is 2. The lowest BCUT2D eigenvalue weighted by atomic mass is 9.90. The van der Waals surface area contributed by atoms with Crippen LogP contribution in [0.3, 0.4) is 0 Å². The second-order valence-electron chi connectivity index (χ2n) is 18.1. The number of rotatable bonds is 5. The second kappa shape index (κ2) is 17.9. The molecule has 4 amide bonds. The van der Waals surface area contributed by atoms with E-state index in [0.29, 0.717) is 89.9 Å². The number of pyridine rings is 1. The molecule has 8 heterocycles. The van der Waals surface area contributed by atoms with E-state index in [4.69, 9.17) is 9.97 Å². The van der Waals surface area contributed by atoms with Crippen molar-refractivity contribution in [2.24, 2.45) is 5.92 Å². The molecule has 2 aromatic carbocycles. The molecule has 6 aliphatic heterocycles. The average molecular weight is 879 g/mol. The average Bonchev–Trinajstić information content (AvgIpc) is 3.60. The van der Waals surface area contributed by atoms with Crippen LogP contribution in [0.5, 0.6) is 0 Å². The number of benzene rings is 2. The van der Waals surface area contributed by atoms with Crippen LogP contribution >= 0.6 is 0 Å². The summed E-state index contributed by atoms with van der Waals surface area (Å²) in [5.74, 6) is -2.92. The fraction of sp³-hybridized carbons (Fsp3) is 0.511. The molecule has 17 heteroatoms. The van der Waals surface area contributed by atoms with Gasteiger partial charge in [-0.2, -0.15) is 0 Å². The fourth-order valence-corrected chi connectivity index (χ4v) is 9.97. The monoisotopic (exact) mass is 878 g/mol. The SMILES string of the molecule is Cc1nc2c3cc(N4CCN(C(=O)CNc5cccc6c5CN(C5CCC(=O)NC5=O)C6=O)CC4)c(=O)n(c3n1)CCCCCCN1CC(CCC(F)(F)c3cccc(c3)[C@@H](C)N2)C1. The van der Waals surface area contributed by atoms with Crippen LogP contribution in [-0.2, 0) is 33.4 Å². The quantitative estimate of drug-likeness (QED) is 0.227. The molecule has 3 saturated heterocycles. The molecule has 1 unspecified atom stereocenters.